The van der Waals surface area contributed by atoms with Gasteiger partial charge in [0.05, 0.1) is 7.11 Å². The Bertz CT molecular complexity index is 657. The molecule has 0 aliphatic heterocycles. The lowest BCUT2D eigenvalue weighted by Gasteiger charge is -2.00. The lowest BCUT2D eigenvalue weighted by Crippen LogP contribution is -2.14. The molecule has 2 heterocycles. The summed E-state index contributed by atoms with van der Waals surface area (Å²) in [6.45, 7) is 1.78. The number of ether oxygens (including phenoxy) is 1. The van der Waals surface area contributed by atoms with Crippen LogP contribution in [0, 0.1) is 6.92 Å². The third-order valence-corrected chi connectivity index (χ3v) is 2.46. The molecule has 18 heavy (non-hydrogen) atoms. The molecule has 0 saturated heterocycles. The molecular formula is C11H12N4O3. The SMILES string of the molecule is COC(=O)c1[nH]n(C)c(=O)c1-c1nccc(C)n1. The van der Waals surface area contributed by atoms with Gasteiger partial charge in [0, 0.05) is 18.9 Å². The fourth-order valence-corrected chi connectivity index (χ4v) is 1.58. The van der Waals surface area contributed by atoms with Crippen LogP contribution in [-0.2, 0) is 11.8 Å². The van der Waals surface area contributed by atoms with E-state index in [2.05, 4.69) is 19.8 Å². The standard InChI is InChI=1S/C11H12N4O3/c1-6-4-5-12-9(13-6)7-8(11(17)18-3)14-15(2)10(7)16/h4-5,14H,1-3H3. The Kier molecular flexibility index (Phi) is 2.97. The van der Waals surface area contributed by atoms with Crippen LogP contribution in [0.2, 0.25) is 0 Å². The van der Waals surface area contributed by atoms with Gasteiger partial charge in [0.1, 0.15) is 5.56 Å². The predicted molar refractivity (Wildman–Crippen MR) is 63.1 cm³/mol. The summed E-state index contributed by atoms with van der Waals surface area (Å²) >= 11 is 0. The summed E-state index contributed by atoms with van der Waals surface area (Å²) in [5, 5.41) is 2.63. The second kappa shape index (κ2) is 4.44. The monoisotopic (exact) mass is 248 g/mol. The van der Waals surface area contributed by atoms with Crippen molar-refractivity contribution in [3.63, 3.8) is 0 Å². The zero-order valence-electron chi connectivity index (χ0n) is 10.2. The number of nitrogens with zero attached hydrogens (tertiary/aromatic N) is 3. The van der Waals surface area contributed by atoms with Gasteiger partial charge >= 0.3 is 5.97 Å². The molecule has 0 fully saturated rings. The average Bonchev–Trinajstić information content (AvgIpc) is 2.65. The highest BCUT2D eigenvalue weighted by molar-refractivity contribution is 5.93. The van der Waals surface area contributed by atoms with Crippen LogP contribution >= 0.6 is 0 Å². The summed E-state index contributed by atoms with van der Waals surface area (Å²) in [4.78, 5) is 31.7. The quantitative estimate of drug-likeness (QED) is 0.770. The first kappa shape index (κ1) is 12.0. The van der Waals surface area contributed by atoms with Gasteiger partial charge in [-0.1, -0.05) is 0 Å². The molecule has 0 aromatic carbocycles. The molecule has 2 rings (SSSR count). The minimum absolute atomic E-state index is 0.0515. The topological polar surface area (TPSA) is 89.9 Å². The maximum atomic E-state index is 12.0. The van der Waals surface area contributed by atoms with Gasteiger partial charge < -0.3 is 4.74 Å². The molecule has 2 aromatic heterocycles. The lowest BCUT2D eigenvalue weighted by atomic mass is 10.2. The van der Waals surface area contributed by atoms with Crippen LogP contribution in [0.1, 0.15) is 16.2 Å². The molecule has 0 amide bonds. The largest absolute Gasteiger partial charge is 0.464 e. The highest BCUT2D eigenvalue weighted by Crippen LogP contribution is 2.15. The summed E-state index contributed by atoms with van der Waals surface area (Å²) in [6, 6.07) is 1.71. The molecule has 2 aromatic rings. The molecule has 0 saturated carbocycles. The number of hydrogen-bond acceptors (Lipinski definition) is 5. The fraction of sp³-hybridized carbons (Fsp3) is 0.273. The van der Waals surface area contributed by atoms with Crippen LogP contribution in [0.5, 0.6) is 0 Å². The van der Waals surface area contributed by atoms with E-state index in [1.807, 2.05) is 0 Å². The number of hydrogen-bond donors (Lipinski definition) is 1. The first-order valence-corrected chi connectivity index (χ1v) is 5.22. The van der Waals surface area contributed by atoms with Crippen LogP contribution in [-0.4, -0.2) is 32.8 Å². The minimum atomic E-state index is -0.632. The molecular weight excluding hydrogens is 236 g/mol. The van der Waals surface area contributed by atoms with Crippen molar-refractivity contribution in [3.05, 3.63) is 34.0 Å². The number of methoxy groups -OCH3 is 1. The predicted octanol–water partition coefficient (Wildman–Crippen LogP) is 0.265. The first-order chi connectivity index (χ1) is 8.54. The number of carbonyl (C=O) groups excluding carboxylic acids is 1. The van der Waals surface area contributed by atoms with Crippen molar-refractivity contribution in [2.45, 2.75) is 6.92 Å². The first-order valence-electron chi connectivity index (χ1n) is 5.22. The Morgan fingerprint density at radius 2 is 2.22 bits per heavy atom. The molecule has 0 aliphatic carbocycles. The lowest BCUT2D eigenvalue weighted by molar-refractivity contribution is 0.0594. The number of aryl methyl sites for hydroxylation is 2. The molecule has 7 heteroatoms. The molecule has 0 unspecified atom stereocenters. The number of rotatable bonds is 2. The van der Waals surface area contributed by atoms with Crippen LogP contribution in [0.3, 0.4) is 0 Å². The fourth-order valence-electron chi connectivity index (χ4n) is 1.58. The second-order valence-electron chi connectivity index (χ2n) is 3.74. The zero-order valence-corrected chi connectivity index (χ0v) is 10.2. The molecule has 7 nitrogen and oxygen atoms in total. The van der Waals surface area contributed by atoms with Gasteiger partial charge in [-0.2, -0.15) is 0 Å². The summed E-state index contributed by atoms with van der Waals surface area (Å²) < 4.78 is 5.81. The molecule has 1 N–H and O–H groups in total. The summed E-state index contributed by atoms with van der Waals surface area (Å²) in [5.41, 5.74) is 0.503. The maximum Gasteiger partial charge on any atom is 0.356 e. The Morgan fingerprint density at radius 1 is 1.50 bits per heavy atom. The van der Waals surface area contributed by atoms with E-state index in [0.717, 1.165) is 0 Å². The molecule has 0 aliphatic rings. The Hall–Kier alpha value is -2.44. The number of H-pyrrole nitrogens is 1. The van der Waals surface area contributed by atoms with Crippen LogP contribution in [0.25, 0.3) is 11.4 Å². The average molecular weight is 248 g/mol. The third-order valence-electron chi connectivity index (χ3n) is 2.46. The van der Waals surface area contributed by atoms with Gasteiger partial charge in [0.15, 0.2) is 11.5 Å². The van der Waals surface area contributed by atoms with Gasteiger partial charge in [-0.05, 0) is 13.0 Å². The van der Waals surface area contributed by atoms with Crippen molar-refractivity contribution in [1.82, 2.24) is 19.7 Å². The van der Waals surface area contributed by atoms with Crippen molar-refractivity contribution in [1.29, 1.82) is 0 Å². The van der Waals surface area contributed by atoms with Crippen molar-refractivity contribution in [2.24, 2.45) is 7.05 Å². The molecule has 94 valence electrons. The number of aromatic nitrogens is 4. The van der Waals surface area contributed by atoms with E-state index in [9.17, 15) is 9.59 Å². The highest BCUT2D eigenvalue weighted by atomic mass is 16.5. The van der Waals surface area contributed by atoms with Crippen molar-refractivity contribution >= 4 is 5.97 Å². The van der Waals surface area contributed by atoms with Gasteiger partial charge in [0.25, 0.3) is 5.56 Å². The third kappa shape index (κ3) is 1.90. The molecule has 0 radical (unpaired) electrons. The van der Waals surface area contributed by atoms with E-state index in [1.165, 1.54) is 25.0 Å². The van der Waals surface area contributed by atoms with E-state index in [-0.39, 0.29) is 22.6 Å². The van der Waals surface area contributed by atoms with E-state index in [0.29, 0.717) is 5.69 Å². The summed E-state index contributed by atoms with van der Waals surface area (Å²) in [6.07, 6.45) is 1.53. The van der Waals surface area contributed by atoms with E-state index < -0.39 is 5.97 Å². The van der Waals surface area contributed by atoms with E-state index in [1.54, 1.807) is 13.0 Å². The Balaban J connectivity index is 2.70. The molecule has 0 spiro atoms. The van der Waals surface area contributed by atoms with Gasteiger partial charge in [-0.25, -0.2) is 14.8 Å². The number of carbonyl (C=O) groups is 1. The Labute approximate surface area is 102 Å². The smallest absolute Gasteiger partial charge is 0.356 e. The number of aromatic amines is 1. The normalized spacial score (nSPS) is 10.4. The van der Waals surface area contributed by atoms with Crippen LogP contribution in [0.15, 0.2) is 17.1 Å². The zero-order chi connectivity index (χ0) is 13.3. The van der Waals surface area contributed by atoms with Gasteiger partial charge in [-0.3, -0.25) is 14.6 Å². The van der Waals surface area contributed by atoms with Crippen LogP contribution in [0.4, 0.5) is 0 Å². The Morgan fingerprint density at radius 3 is 2.83 bits per heavy atom. The van der Waals surface area contributed by atoms with Gasteiger partial charge in [-0.15, -0.1) is 0 Å². The van der Waals surface area contributed by atoms with Crippen LogP contribution < -0.4 is 5.56 Å². The molecule has 0 bridgehead atoms. The number of esters is 1. The van der Waals surface area contributed by atoms with Crippen molar-refractivity contribution in [2.75, 3.05) is 7.11 Å². The van der Waals surface area contributed by atoms with Crippen molar-refractivity contribution in [3.8, 4) is 11.4 Å². The summed E-state index contributed by atoms with van der Waals surface area (Å²) in [7, 11) is 2.75. The van der Waals surface area contributed by atoms with Gasteiger partial charge in [0.2, 0.25) is 0 Å². The highest BCUT2D eigenvalue weighted by Gasteiger charge is 2.22. The van der Waals surface area contributed by atoms with E-state index >= 15 is 0 Å². The minimum Gasteiger partial charge on any atom is -0.464 e. The summed E-state index contributed by atoms with van der Waals surface area (Å²) in [5.74, 6) is -0.426. The number of nitrogens with one attached hydrogen (secondary N) is 1. The second-order valence-corrected chi connectivity index (χ2v) is 3.74. The maximum absolute atomic E-state index is 12.0. The molecule has 0 atom stereocenters. The van der Waals surface area contributed by atoms with Crippen molar-refractivity contribution < 1.29 is 9.53 Å². The van der Waals surface area contributed by atoms with E-state index in [4.69, 9.17) is 0 Å².